The van der Waals surface area contributed by atoms with Gasteiger partial charge in [0.15, 0.2) is 17.5 Å². The topological polar surface area (TPSA) is 40.1 Å². The molecule has 0 amide bonds. The summed E-state index contributed by atoms with van der Waals surface area (Å²) in [5, 5.41) is 3.41. The zero-order chi connectivity index (χ0) is 19.8. The molecule has 1 N–H and O–H groups in total. The molecule has 0 spiro atoms. The summed E-state index contributed by atoms with van der Waals surface area (Å²) in [5.41, 5.74) is 0. The Balaban J connectivity index is 1.51. The van der Waals surface area contributed by atoms with Crippen LogP contribution in [-0.4, -0.2) is 67.7 Å². The third-order valence-electron chi connectivity index (χ3n) is 5.55. The molecule has 0 radical (unpaired) electrons. The van der Waals surface area contributed by atoms with Crippen molar-refractivity contribution >= 4 is 5.96 Å². The average molecular weight is 391 g/mol. The molecule has 3 rings (SSSR count). The van der Waals surface area contributed by atoms with E-state index >= 15 is 0 Å². The third kappa shape index (κ3) is 6.09. The molecule has 0 aliphatic carbocycles. The lowest BCUT2D eigenvalue weighted by Crippen LogP contribution is -2.41. The lowest BCUT2D eigenvalue weighted by Gasteiger charge is -2.29. The lowest BCUT2D eigenvalue weighted by atomic mass is 10.1. The van der Waals surface area contributed by atoms with Crippen LogP contribution in [0, 0.1) is 11.7 Å². The second kappa shape index (κ2) is 10.6. The fraction of sp³-hybridized carbons (Fsp3) is 0.682. The molecule has 0 saturated carbocycles. The first-order chi connectivity index (χ1) is 13.7. The van der Waals surface area contributed by atoms with Crippen LogP contribution >= 0.6 is 0 Å². The molecule has 1 aromatic carbocycles. The standard InChI is InChI=1S/C22H35FN4O/c1-3-24-22(25-15-18(2)28-21-10-6-5-9-20(21)23)27-14-11-19(17-27)16-26-12-7-4-8-13-26/h5-6,9-10,18-19H,3-4,7-8,11-17H2,1-2H3,(H,24,25). The maximum absolute atomic E-state index is 13.8. The summed E-state index contributed by atoms with van der Waals surface area (Å²) in [7, 11) is 0. The normalized spacial score (nSPS) is 22.3. The highest BCUT2D eigenvalue weighted by Crippen LogP contribution is 2.20. The van der Waals surface area contributed by atoms with E-state index in [1.54, 1.807) is 18.2 Å². The van der Waals surface area contributed by atoms with Gasteiger partial charge in [-0.1, -0.05) is 18.6 Å². The zero-order valence-corrected chi connectivity index (χ0v) is 17.4. The molecule has 0 bridgehead atoms. The molecule has 2 aliphatic rings. The minimum Gasteiger partial charge on any atom is -0.486 e. The number of guanidine groups is 1. The van der Waals surface area contributed by atoms with Crippen molar-refractivity contribution in [3.63, 3.8) is 0 Å². The molecule has 2 heterocycles. The molecule has 6 heteroatoms. The summed E-state index contributed by atoms with van der Waals surface area (Å²) in [4.78, 5) is 9.77. The Kier molecular flexibility index (Phi) is 7.95. The largest absolute Gasteiger partial charge is 0.486 e. The number of hydrogen-bond acceptors (Lipinski definition) is 3. The van der Waals surface area contributed by atoms with E-state index < -0.39 is 0 Å². The van der Waals surface area contributed by atoms with Crippen molar-refractivity contribution in [2.24, 2.45) is 10.9 Å². The van der Waals surface area contributed by atoms with Crippen LogP contribution < -0.4 is 10.1 Å². The van der Waals surface area contributed by atoms with Gasteiger partial charge in [-0.15, -0.1) is 0 Å². The highest BCUT2D eigenvalue weighted by Gasteiger charge is 2.27. The van der Waals surface area contributed by atoms with E-state index in [0.29, 0.717) is 12.5 Å². The molecule has 2 fully saturated rings. The number of para-hydroxylation sites is 1. The second-order valence-electron chi connectivity index (χ2n) is 8.02. The number of benzene rings is 1. The summed E-state index contributed by atoms with van der Waals surface area (Å²) in [6.45, 7) is 11.2. The number of likely N-dealkylation sites (tertiary alicyclic amines) is 2. The van der Waals surface area contributed by atoms with E-state index in [1.807, 2.05) is 6.92 Å². The first-order valence-corrected chi connectivity index (χ1v) is 10.8. The minimum absolute atomic E-state index is 0.183. The Morgan fingerprint density at radius 1 is 1.25 bits per heavy atom. The molecule has 28 heavy (non-hydrogen) atoms. The van der Waals surface area contributed by atoms with Gasteiger partial charge in [0.05, 0.1) is 6.54 Å². The van der Waals surface area contributed by atoms with Gasteiger partial charge >= 0.3 is 0 Å². The Morgan fingerprint density at radius 2 is 2.04 bits per heavy atom. The summed E-state index contributed by atoms with van der Waals surface area (Å²) < 4.78 is 19.5. The highest BCUT2D eigenvalue weighted by molar-refractivity contribution is 5.80. The predicted molar refractivity (Wildman–Crippen MR) is 112 cm³/mol. The zero-order valence-electron chi connectivity index (χ0n) is 17.4. The van der Waals surface area contributed by atoms with Crippen molar-refractivity contribution in [2.45, 2.75) is 45.6 Å². The Bertz CT molecular complexity index is 633. The number of piperidine rings is 1. The SMILES string of the molecule is CCNC(=NCC(C)Oc1ccccc1F)N1CCC(CN2CCCCC2)C1. The van der Waals surface area contributed by atoms with Gasteiger partial charge in [-0.2, -0.15) is 0 Å². The molecule has 156 valence electrons. The number of hydrogen-bond donors (Lipinski definition) is 1. The fourth-order valence-corrected chi connectivity index (χ4v) is 4.12. The number of aliphatic imine (C=N–C) groups is 1. The van der Waals surface area contributed by atoms with Crippen molar-refractivity contribution < 1.29 is 9.13 Å². The van der Waals surface area contributed by atoms with Crippen LogP contribution in [0.4, 0.5) is 4.39 Å². The monoisotopic (exact) mass is 390 g/mol. The highest BCUT2D eigenvalue weighted by atomic mass is 19.1. The predicted octanol–water partition coefficient (Wildman–Crippen LogP) is 3.37. The van der Waals surface area contributed by atoms with Gasteiger partial charge in [0.1, 0.15) is 6.10 Å². The fourth-order valence-electron chi connectivity index (χ4n) is 4.12. The van der Waals surface area contributed by atoms with E-state index in [0.717, 1.165) is 25.6 Å². The smallest absolute Gasteiger partial charge is 0.194 e. The van der Waals surface area contributed by atoms with Crippen LogP contribution in [0.5, 0.6) is 5.75 Å². The van der Waals surface area contributed by atoms with E-state index in [2.05, 4.69) is 22.0 Å². The number of halogens is 1. The van der Waals surface area contributed by atoms with Crippen LogP contribution in [0.25, 0.3) is 0 Å². The average Bonchev–Trinajstić information content (AvgIpc) is 3.16. The third-order valence-corrected chi connectivity index (χ3v) is 5.55. The Hall–Kier alpha value is -1.82. The first kappa shape index (κ1) is 20.9. The number of nitrogens with one attached hydrogen (secondary N) is 1. The van der Waals surface area contributed by atoms with Gasteiger partial charge < -0.3 is 19.9 Å². The van der Waals surface area contributed by atoms with Crippen molar-refractivity contribution in [3.05, 3.63) is 30.1 Å². The lowest BCUT2D eigenvalue weighted by molar-refractivity contribution is 0.198. The van der Waals surface area contributed by atoms with E-state index in [4.69, 9.17) is 9.73 Å². The minimum atomic E-state index is -0.328. The summed E-state index contributed by atoms with van der Waals surface area (Å²) in [5.74, 6) is 1.63. The molecule has 2 aliphatic heterocycles. The number of rotatable bonds is 7. The van der Waals surface area contributed by atoms with Crippen LogP contribution in [0.2, 0.25) is 0 Å². The first-order valence-electron chi connectivity index (χ1n) is 10.8. The van der Waals surface area contributed by atoms with Crippen LogP contribution in [-0.2, 0) is 0 Å². The van der Waals surface area contributed by atoms with Crippen molar-refractivity contribution in [1.29, 1.82) is 0 Å². The quantitative estimate of drug-likeness (QED) is 0.572. The maximum atomic E-state index is 13.8. The van der Waals surface area contributed by atoms with Crippen molar-refractivity contribution in [3.8, 4) is 5.75 Å². The summed E-state index contributed by atoms with van der Waals surface area (Å²) in [6, 6.07) is 6.53. The van der Waals surface area contributed by atoms with Gasteiger partial charge in [0.2, 0.25) is 0 Å². The summed E-state index contributed by atoms with van der Waals surface area (Å²) >= 11 is 0. The molecule has 0 aromatic heterocycles. The van der Waals surface area contributed by atoms with E-state index in [9.17, 15) is 4.39 Å². The molecular weight excluding hydrogens is 355 g/mol. The molecule has 2 saturated heterocycles. The van der Waals surface area contributed by atoms with Crippen molar-refractivity contribution in [1.82, 2.24) is 15.1 Å². The van der Waals surface area contributed by atoms with Gasteiger partial charge in [-0.3, -0.25) is 0 Å². The van der Waals surface area contributed by atoms with E-state index in [-0.39, 0.29) is 17.7 Å². The Labute approximate surface area is 169 Å². The van der Waals surface area contributed by atoms with Crippen LogP contribution in [0.3, 0.4) is 0 Å². The van der Waals surface area contributed by atoms with Crippen molar-refractivity contribution in [2.75, 3.05) is 45.8 Å². The van der Waals surface area contributed by atoms with Gasteiger partial charge in [0.25, 0.3) is 0 Å². The van der Waals surface area contributed by atoms with Crippen LogP contribution in [0.1, 0.15) is 39.5 Å². The van der Waals surface area contributed by atoms with Crippen LogP contribution in [0.15, 0.2) is 29.3 Å². The van der Waals surface area contributed by atoms with Gasteiger partial charge in [-0.05, 0) is 64.3 Å². The summed E-state index contributed by atoms with van der Waals surface area (Å²) in [6.07, 6.45) is 5.12. The van der Waals surface area contributed by atoms with Gasteiger partial charge in [-0.25, -0.2) is 9.38 Å². The molecular formula is C22H35FN4O. The molecule has 2 unspecified atom stereocenters. The Morgan fingerprint density at radius 3 is 2.79 bits per heavy atom. The number of nitrogens with zero attached hydrogens (tertiary/aromatic N) is 3. The maximum Gasteiger partial charge on any atom is 0.194 e. The second-order valence-corrected chi connectivity index (χ2v) is 8.02. The van der Waals surface area contributed by atoms with Gasteiger partial charge in [0, 0.05) is 26.2 Å². The number of ether oxygens (including phenoxy) is 1. The molecule has 1 aromatic rings. The van der Waals surface area contributed by atoms with E-state index in [1.165, 1.54) is 51.4 Å². The molecule has 2 atom stereocenters. The molecule has 5 nitrogen and oxygen atoms in total.